The normalized spacial score (nSPS) is 22.8. The molecule has 1 aliphatic rings. The van der Waals surface area contributed by atoms with Gasteiger partial charge < -0.3 is 25.6 Å². The number of carbonyl (C=O) groups is 3. The number of likely N-dealkylation sites (N-methyl/N-ethyl adjacent to an activating group) is 1. The molecule has 0 saturated carbocycles. The van der Waals surface area contributed by atoms with Crippen LogP contribution in [0, 0.1) is 5.41 Å². The van der Waals surface area contributed by atoms with E-state index in [4.69, 9.17) is 4.74 Å². The molecule has 0 spiro atoms. The first-order chi connectivity index (χ1) is 18.1. The molecule has 1 aliphatic heterocycles. The van der Waals surface area contributed by atoms with Crippen LogP contribution in [0.25, 0.3) is 0 Å². The van der Waals surface area contributed by atoms with Crippen molar-refractivity contribution in [2.24, 2.45) is 5.41 Å². The zero-order valence-electron chi connectivity index (χ0n) is 23.3. The second-order valence-corrected chi connectivity index (χ2v) is 11.0. The summed E-state index contributed by atoms with van der Waals surface area (Å²) >= 11 is 0. The summed E-state index contributed by atoms with van der Waals surface area (Å²) in [6, 6.07) is 15.4. The maximum atomic E-state index is 13.5. The van der Waals surface area contributed by atoms with Crippen molar-refractivity contribution in [3.8, 4) is 5.75 Å². The van der Waals surface area contributed by atoms with Gasteiger partial charge in [-0.25, -0.2) is 0 Å². The predicted octanol–water partition coefficient (Wildman–Crippen LogP) is 2.71. The molecule has 3 rings (SSSR count). The molecule has 2 aromatic rings. The van der Waals surface area contributed by atoms with E-state index >= 15 is 0 Å². The van der Waals surface area contributed by atoms with Crippen LogP contribution in [-0.2, 0) is 27.2 Å². The Kier molecular flexibility index (Phi) is 10.3. The average Bonchev–Trinajstić information content (AvgIpc) is 2.89. The van der Waals surface area contributed by atoms with E-state index in [1.807, 2.05) is 75.4 Å². The second kappa shape index (κ2) is 13.4. The highest BCUT2D eigenvalue weighted by molar-refractivity contribution is 5.93. The van der Waals surface area contributed by atoms with E-state index in [1.165, 1.54) is 4.90 Å². The van der Waals surface area contributed by atoms with Gasteiger partial charge in [-0.2, -0.15) is 0 Å². The van der Waals surface area contributed by atoms with Gasteiger partial charge in [0, 0.05) is 26.6 Å². The molecule has 0 aromatic heterocycles. The van der Waals surface area contributed by atoms with Crippen molar-refractivity contribution in [3.05, 3.63) is 65.7 Å². The summed E-state index contributed by atoms with van der Waals surface area (Å²) in [5, 5.41) is 9.24. The minimum atomic E-state index is -0.762. The van der Waals surface area contributed by atoms with Crippen LogP contribution >= 0.6 is 0 Å². The quantitative estimate of drug-likeness (QED) is 0.563. The highest BCUT2D eigenvalue weighted by Gasteiger charge is 2.36. The van der Waals surface area contributed by atoms with Gasteiger partial charge in [-0.1, -0.05) is 69.3 Å². The summed E-state index contributed by atoms with van der Waals surface area (Å²) in [6.07, 6.45) is 1.83. The fourth-order valence-corrected chi connectivity index (χ4v) is 4.51. The van der Waals surface area contributed by atoms with E-state index in [-0.39, 0.29) is 17.7 Å². The topological polar surface area (TPSA) is 99.8 Å². The van der Waals surface area contributed by atoms with Crippen molar-refractivity contribution in [3.63, 3.8) is 0 Å². The fourth-order valence-electron chi connectivity index (χ4n) is 4.51. The minimum absolute atomic E-state index is 0.189. The SMILES string of the molecule is C[C@@H]1C(=O)N[C@H](Cc2ccccc2)C(=O)NCCCc2ccccc2OCCN[C@@H](C(C)(C)C)C(=O)N1C. The second-order valence-electron chi connectivity index (χ2n) is 11.0. The molecule has 8 nitrogen and oxygen atoms in total. The van der Waals surface area contributed by atoms with Crippen molar-refractivity contribution >= 4 is 17.7 Å². The average molecular weight is 523 g/mol. The number of nitrogens with one attached hydrogen (secondary N) is 3. The van der Waals surface area contributed by atoms with Crippen molar-refractivity contribution in [1.29, 1.82) is 0 Å². The van der Waals surface area contributed by atoms with Crippen molar-refractivity contribution in [2.75, 3.05) is 26.7 Å². The van der Waals surface area contributed by atoms with E-state index in [0.717, 1.165) is 29.7 Å². The van der Waals surface area contributed by atoms with Gasteiger partial charge in [-0.05, 0) is 42.4 Å². The Bertz CT molecular complexity index is 1080. The van der Waals surface area contributed by atoms with Gasteiger partial charge in [-0.15, -0.1) is 0 Å². The molecule has 0 radical (unpaired) electrons. The number of amides is 3. The van der Waals surface area contributed by atoms with Crippen LogP contribution in [0.5, 0.6) is 5.75 Å². The Labute approximate surface area is 226 Å². The zero-order valence-corrected chi connectivity index (χ0v) is 23.3. The van der Waals surface area contributed by atoms with E-state index in [0.29, 0.717) is 26.1 Å². The lowest BCUT2D eigenvalue weighted by Gasteiger charge is -2.36. The van der Waals surface area contributed by atoms with Crippen LogP contribution in [0.2, 0.25) is 0 Å². The number of ether oxygens (including phenoxy) is 1. The molecule has 0 saturated heterocycles. The molecule has 8 heteroatoms. The predicted molar refractivity (Wildman–Crippen MR) is 149 cm³/mol. The van der Waals surface area contributed by atoms with Gasteiger partial charge in [0.2, 0.25) is 17.7 Å². The molecule has 0 fully saturated rings. The number of nitrogens with zero attached hydrogens (tertiary/aromatic N) is 1. The van der Waals surface area contributed by atoms with Gasteiger partial charge in [-0.3, -0.25) is 14.4 Å². The maximum absolute atomic E-state index is 13.5. The molecule has 0 unspecified atom stereocenters. The first-order valence-electron chi connectivity index (χ1n) is 13.4. The number of hydrogen-bond donors (Lipinski definition) is 3. The van der Waals surface area contributed by atoms with E-state index < -0.39 is 23.5 Å². The summed E-state index contributed by atoms with van der Waals surface area (Å²) in [4.78, 5) is 41.5. The third-order valence-electron chi connectivity index (χ3n) is 6.94. The molecule has 1 heterocycles. The van der Waals surface area contributed by atoms with Gasteiger partial charge in [0.1, 0.15) is 24.4 Å². The lowest BCUT2D eigenvalue weighted by molar-refractivity contribution is -0.142. The number of rotatable bonds is 2. The molecule has 0 bridgehead atoms. The van der Waals surface area contributed by atoms with Crippen LogP contribution in [0.15, 0.2) is 54.6 Å². The Morgan fingerprint density at radius 3 is 2.34 bits per heavy atom. The maximum Gasteiger partial charge on any atom is 0.243 e. The summed E-state index contributed by atoms with van der Waals surface area (Å²) < 4.78 is 6.06. The zero-order chi connectivity index (χ0) is 27.7. The van der Waals surface area contributed by atoms with Crippen LogP contribution in [0.1, 0.15) is 45.2 Å². The van der Waals surface area contributed by atoms with E-state index in [1.54, 1.807) is 14.0 Å². The minimum Gasteiger partial charge on any atom is -0.492 e. The Balaban J connectivity index is 1.86. The molecule has 2 aromatic carbocycles. The monoisotopic (exact) mass is 522 g/mol. The molecule has 3 atom stereocenters. The molecule has 0 aliphatic carbocycles. The molecular formula is C30H42N4O4. The molecule has 206 valence electrons. The third kappa shape index (κ3) is 8.05. The highest BCUT2D eigenvalue weighted by atomic mass is 16.5. The van der Waals surface area contributed by atoms with Gasteiger partial charge in [0.05, 0.1) is 6.04 Å². The van der Waals surface area contributed by atoms with Crippen LogP contribution in [-0.4, -0.2) is 67.5 Å². The number of aryl methyl sites for hydroxylation is 1. The third-order valence-corrected chi connectivity index (χ3v) is 6.94. The number of hydrogen-bond acceptors (Lipinski definition) is 5. The van der Waals surface area contributed by atoms with E-state index in [9.17, 15) is 14.4 Å². The van der Waals surface area contributed by atoms with Crippen molar-refractivity contribution < 1.29 is 19.1 Å². The number of benzene rings is 2. The molecule has 38 heavy (non-hydrogen) atoms. The lowest BCUT2D eigenvalue weighted by Crippen LogP contribution is -2.58. The number of carbonyl (C=O) groups excluding carboxylic acids is 3. The van der Waals surface area contributed by atoms with Crippen molar-refractivity contribution in [2.45, 2.75) is 65.1 Å². The lowest BCUT2D eigenvalue weighted by atomic mass is 9.85. The first-order valence-corrected chi connectivity index (χ1v) is 13.4. The summed E-state index contributed by atoms with van der Waals surface area (Å²) in [6.45, 7) is 9.00. The number of fused-ring (bicyclic) bond motifs is 1. The fraction of sp³-hybridized carbons (Fsp3) is 0.500. The molecular weight excluding hydrogens is 480 g/mol. The van der Waals surface area contributed by atoms with Gasteiger partial charge >= 0.3 is 0 Å². The van der Waals surface area contributed by atoms with Crippen LogP contribution in [0.3, 0.4) is 0 Å². The largest absolute Gasteiger partial charge is 0.492 e. The molecule has 3 N–H and O–H groups in total. The number of para-hydroxylation sites is 1. The van der Waals surface area contributed by atoms with Gasteiger partial charge in [0.15, 0.2) is 0 Å². The Morgan fingerprint density at radius 2 is 1.63 bits per heavy atom. The summed E-state index contributed by atoms with van der Waals surface area (Å²) in [5.41, 5.74) is 1.61. The smallest absolute Gasteiger partial charge is 0.243 e. The standard InChI is InChI=1S/C30H42N4O4/c1-21-27(35)33-24(20-22-12-7-6-8-13-22)28(36)32-17-11-15-23-14-9-10-16-25(23)38-19-18-31-26(30(2,3)4)29(37)34(21)5/h6-10,12-14,16,21,24,26,31H,11,15,17-20H2,1-5H3,(H,32,36)(H,33,35)/t21-,24-,26-/m1/s1. The highest BCUT2D eigenvalue weighted by Crippen LogP contribution is 2.22. The Hall–Kier alpha value is -3.39. The Morgan fingerprint density at radius 1 is 0.947 bits per heavy atom. The molecule has 3 amide bonds. The summed E-state index contributed by atoms with van der Waals surface area (Å²) in [5.74, 6) is -0.00250. The van der Waals surface area contributed by atoms with E-state index in [2.05, 4.69) is 16.0 Å². The first kappa shape index (κ1) is 29.2. The summed E-state index contributed by atoms with van der Waals surface area (Å²) in [7, 11) is 1.63. The van der Waals surface area contributed by atoms with Crippen LogP contribution in [0.4, 0.5) is 0 Å². The van der Waals surface area contributed by atoms with Gasteiger partial charge in [0.25, 0.3) is 0 Å². The van der Waals surface area contributed by atoms with Crippen molar-refractivity contribution in [1.82, 2.24) is 20.9 Å². The van der Waals surface area contributed by atoms with Crippen LogP contribution < -0.4 is 20.7 Å².